The molecular formula is C17H20F3NO5. The van der Waals surface area contributed by atoms with Gasteiger partial charge in [-0.05, 0) is 17.5 Å². The van der Waals surface area contributed by atoms with Crippen LogP contribution in [0.3, 0.4) is 0 Å². The molecule has 0 saturated heterocycles. The Morgan fingerprint density at radius 3 is 2.35 bits per heavy atom. The third-order valence-electron chi connectivity index (χ3n) is 3.68. The fourth-order valence-electron chi connectivity index (χ4n) is 2.29. The second-order valence-electron chi connectivity index (χ2n) is 5.70. The first kappa shape index (κ1) is 21.5. The van der Waals surface area contributed by atoms with E-state index >= 15 is 0 Å². The summed E-state index contributed by atoms with van der Waals surface area (Å²) in [7, 11) is 2.31. The molecule has 0 heterocycles. The minimum Gasteiger partial charge on any atom is -0.469 e. The predicted octanol–water partition coefficient (Wildman–Crippen LogP) is 2.10. The van der Waals surface area contributed by atoms with E-state index in [9.17, 15) is 27.6 Å². The molecule has 1 N–H and O–H groups in total. The Morgan fingerprint density at radius 1 is 1.15 bits per heavy atom. The summed E-state index contributed by atoms with van der Waals surface area (Å²) in [5, 5.41) is 2.40. The number of alkyl halides is 3. The highest BCUT2D eigenvalue weighted by Crippen LogP contribution is 2.29. The molecule has 1 aromatic rings. The fraction of sp³-hybridized carbons (Fsp3) is 0.471. The maximum atomic E-state index is 12.7. The van der Waals surface area contributed by atoms with Crippen LogP contribution in [-0.2, 0) is 36.5 Å². The Morgan fingerprint density at radius 2 is 1.81 bits per heavy atom. The van der Waals surface area contributed by atoms with E-state index in [1.165, 1.54) is 19.2 Å². The lowest BCUT2D eigenvalue weighted by molar-refractivity contribution is -0.148. The lowest BCUT2D eigenvalue weighted by Crippen LogP contribution is -2.47. The average molecular weight is 375 g/mol. The topological polar surface area (TPSA) is 81.7 Å². The lowest BCUT2D eigenvalue weighted by Gasteiger charge is -2.22. The third-order valence-corrected chi connectivity index (χ3v) is 3.68. The molecule has 2 atom stereocenters. The quantitative estimate of drug-likeness (QED) is 0.738. The van der Waals surface area contributed by atoms with Gasteiger partial charge in [0.2, 0.25) is 5.91 Å². The number of benzene rings is 1. The summed E-state index contributed by atoms with van der Waals surface area (Å²) in [6, 6.07) is 3.21. The molecule has 1 rings (SSSR count). The molecule has 9 heteroatoms. The summed E-state index contributed by atoms with van der Waals surface area (Å²) < 4.78 is 47.3. The molecule has 0 fully saturated rings. The zero-order chi connectivity index (χ0) is 19.9. The number of hydrogen-bond acceptors (Lipinski definition) is 5. The average Bonchev–Trinajstić information content (AvgIpc) is 2.58. The number of nitrogens with one attached hydrogen (secondary N) is 1. The van der Waals surface area contributed by atoms with Crippen molar-refractivity contribution in [2.45, 2.75) is 32.0 Å². The van der Waals surface area contributed by atoms with Crippen molar-refractivity contribution in [2.75, 3.05) is 14.2 Å². The summed E-state index contributed by atoms with van der Waals surface area (Å²) >= 11 is 0. The molecule has 0 aliphatic heterocycles. The number of esters is 2. The van der Waals surface area contributed by atoms with Crippen LogP contribution in [0.15, 0.2) is 24.3 Å². The van der Waals surface area contributed by atoms with Gasteiger partial charge in [-0.2, -0.15) is 13.2 Å². The second kappa shape index (κ2) is 9.21. The van der Waals surface area contributed by atoms with Crippen molar-refractivity contribution in [1.82, 2.24) is 5.32 Å². The van der Waals surface area contributed by atoms with Gasteiger partial charge in [0.25, 0.3) is 0 Å². The van der Waals surface area contributed by atoms with Crippen LogP contribution in [0.2, 0.25) is 0 Å². The van der Waals surface area contributed by atoms with E-state index in [0.717, 1.165) is 19.2 Å². The Kier molecular flexibility index (Phi) is 7.60. The molecule has 6 nitrogen and oxygen atoms in total. The minimum atomic E-state index is -4.52. The standard InChI is InChI=1S/C17H20F3NO5/c1-10(7-14(23)25-2)15(16(24)26-3)21-13(22)9-11-5-4-6-12(8-11)17(18,19)20/h4-6,8,10,15H,7,9H2,1-3H3,(H,21,22)/t10-,15+/m0/s1. The van der Waals surface area contributed by atoms with E-state index < -0.39 is 41.5 Å². The van der Waals surface area contributed by atoms with Crippen LogP contribution in [0.25, 0.3) is 0 Å². The number of hydrogen-bond donors (Lipinski definition) is 1. The van der Waals surface area contributed by atoms with Crippen molar-refractivity contribution in [3.05, 3.63) is 35.4 Å². The first-order valence-corrected chi connectivity index (χ1v) is 7.68. The van der Waals surface area contributed by atoms with Crippen molar-refractivity contribution in [2.24, 2.45) is 5.92 Å². The highest BCUT2D eigenvalue weighted by molar-refractivity contribution is 5.86. The maximum Gasteiger partial charge on any atom is 0.416 e. The van der Waals surface area contributed by atoms with Crippen LogP contribution in [0.4, 0.5) is 13.2 Å². The fourth-order valence-corrected chi connectivity index (χ4v) is 2.29. The zero-order valence-corrected chi connectivity index (χ0v) is 14.6. The summed E-state index contributed by atoms with van der Waals surface area (Å²) in [6.45, 7) is 1.54. The molecular weight excluding hydrogens is 355 g/mol. The van der Waals surface area contributed by atoms with Gasteiger partial charge in [0, 0.05) is 0 Å². The Balaban J connectivity index is 2.84. The van der Waals surface area contributed by atoms with Crippen molar-refractivity contribution < 1.29 is 37.0 Å². The van der Waals surface area contributed by atoms with E-state index in [-0.39, 0.29) is 18.4 Å². The Bertz CT molecular complexity index is 660. The number of amides is 1. The second-order valence-corrected chi connectivity index (χ2v) is 5.70. The van der Waals surface area contributed by atoms with Crippen LogP contribution in [0.5, 0.6) is 0 Å². The molecule has 0 aliphatic carbocycles. The molecule has 0 aromatic heterocycles. The van der Waals surface area contributed by atoms with Gasteiger partial charge in [-0.1, -0.05) is 25.1 Å². The van der Waals surface area contributed by atoms with Crippen LogP contribution in [0, 0.1) is 5.92 Å². The molecule has 0 saturated carbocycles. The van der Waals surface area contributed by atoms with Gasteiger partial charge in [0.05, 0.1) is 32.6 Å². The maximum absolute atomic E-state index is 12.7. The van der Waals surface area contributed by atoms with Crippen molar-refractivity contribution in [3.8, 4) is 0 Å². The number of methoxy groups -OCH3 is 2. The number of rotatable bonds is 7. The molecule has 0 bridgehead atoms. The number of ether oxygens (including phenoxy) is 2. The van der Waals surface area contributed by atoms with E-state index in [1.54, 1.807) is 6.92 Å². The summed E-state index contributed by atoms with van der Waals surface area (Å²) in [5.74, 6) is -2.63. The van der Waals surface area contributed by atoms with Gasteiger partial charge < -0.3 is 14.8 Å². The molecule has 0 spiro atoms. The first-order valence-electron chi connectivity index (χ1n) is 7.68. The van der Waals surface area contributed by atoms with Crippen molar-refractivity contribution in [1.29, 1.82) is 0 Å². The molecule has 1 amide bonds. The lowest BCUT2D eigenvalue weighted by atomic mass is 9.97. The number of halogens is 3. The monoisotopic (exact) mass is 375 g/mol. The van der Waals surface area contributed by atoms with Crippen LogP contribution in [0.1, 0.15) is 24.5 Å². The Labute approximate surface area is 148 Å². The minimum absolute atomic E-state index is 0.139. The summed E-state index contributed by atoms with van der Waals surface area (Å²) in [4.78, 5) is 35.4. The van der Waals surface area contributed by atoms with Gasteiger partial charge in [0.15, 0.2) is 0 Å². The van der Waals surface area contributed by atoms with Gasteiger partial charge in [-0.3, -0.25) is 9.59 Å². The van der Waals surface area contributed by atoms with Crippen LogP contribution < -0.4 is 5.32 Å². The van der Waals surface area contributed by atoms with E-state index in [1.807, 2.05) is 0 Å². The van der Waals surface area contributed by atoms with E-state index in [2.05, 4.69) is 14.8 Å². The molecule has 0 radical (unpaired) electrons. The highest BCUT2D eigenvalue weighted by atomic mass is 19.4. The van der Waals surface area contributed by atoms with E-state index in [4.69, 9.17) is 0 Å². The molecule has 26 heavy (non-hydrogen) atoms. The van der Waals surface area contributed by atoms with Crippen LogP contribution in [-0.4, -0.2) is 38.1 Å². The smallest absolute Gasteiger partial charge is 0.416 e. The zero-order valence-electron chi connectivity index (χ0n) is 14.6. The number of carbonyl (C=O) groups excluding carboxylic acids is 3. The van der Waals surface area contributed by atoms with Gasteiger partial charge in [-0.25, -0.2) is 4.79 Å². The highest BCUT2D eigenvalue weighted by Gasteiger charge is 2.31. The molecule has 144 valence electrons. The molecule has 0 unspecified atom stereocenters. The van der Waals surface area contributed by atoms with Crippen molar-refractivity contribution in [3.63, 3.8) is 0 Å². The normalized spacial score (nSPS) is 13.5. The Hall–Kier alpha value is -2.58. The van der Waals surface area contributed by atoms with Gasteiger partial charge in [-0.15, -0.1) is 0 Å². The largest absolute Gasteiger partial charge is 0.469 e. The van der Waals surface area contributed by atoms with E-state index in [0.29, 0.717) is 0 Å². The van der Waals surface area contributed by atoms with Crippen molar-refractivity contribution >= 4 is 17.8 Å². The van der Waals surface area contributed by atoms with Gasteiger partial charge >= 0.3 is 18.1 Å². The number of carbonyl (C=O) groups is 3. The van der Waals surface area contributed by atoms with Crippen LogP contribution >= 0.6 is 0 Å². The molecule has 1 aromatic carbocycles. The SMILES string of the molecule is COC(=O)C[C@H](C)[C@@H](NC(=O)Cc1cccc(C(F)(F)F)c1)C(=O)OC. The summed E-state index contributed by atoms with van der Waals surface area (Å²) in [5.41, 5.74) is -0.729. The predicted molar refractivity (Wildman–Crippen MR) is 84.9 cm³/mol. The first-order chi connectivity index (χ1) is 12.1. The third kappa shape index (κ3) is 6.38. The summed E-state index contributed by atoms with van der Waals surface area (Å²) in [6.07, 6.45) is -5.02. The van der Waals surface area contributed by atoms with Gasteiger partial charge in [0.1, 0.15) is 6.04 Å². The molecule has 0 aliphatic rings.